The Balaban J connectivity index is 1.54. The smallest absolute Gasteiger partial charge is 0.344 e. The first-order valence-corrected chi connectivity index (χ1v) is 9.86. The summed E-state index contributed by atoms with van der Waals surface area (Å²) >= 11 is 0. The Bertz CT molecular complexity index is 868. The van der Waals surface area contributed by atoms with Gasteiger partial charge in [0.15, 0.2) is 12.4 Å². The average molecular weight is 401 g/mol. The van der Waals surface area contributed by atoms with Crippen LogP contribution in [-0.4, -0.2) is 37.0 Å². The third kappa shape index (κ3) is 5.76. The highest BCUT2D eigenvalue weighted by atomic mass is 16.6. The number of carbonyl (C=O) groups excluding carboxylic acids is 1. The van der Waals surface area contributed by atoms with Gasteiger partial charge in [0.2, 0.25) is 5.43 Å². The monoisotopic (exact) mass is 401 g/mol. The topological polar surface area (TPSA) is 76.0 Å². The van der Waals surface area contributed by atoms with Crippen LogP contribution in [0.4, 0.5) is 0 Å². The highest BCUT2D eigenvalue weighted by Gasteiger charge is 2.20. The van der Waals surface area contributed by atoms with Crippen molar-refractivity contribution >= 4 is 5.97 Å². The Morgan fingerprint density at radius 2 is 1.76 bits per heavy atom. The van der Waals surface area contributed by atoms with Gasteiger partial charge in [-0.15, -0.1) is 0 Å². The van der Waals surface area contributed by atoms with E-state index in [1.165, 1.54) is 6.07 Å². The number of pyridine rings is 1. The molecule has 0 spiro atoms. The molecular weight excluding hydrogens is 374 g/mol. The van der Waals surface area contributed by atoms with E-state index in [4.69, 9.17) is 18.9 Å². The van der Waals surface area contributed by atoms with Crippen molar-refractivity contribution in [3.63, 3.8) is 0 Å². The minimum Gasteiger partial charge on any atom is -0.497 e. The molecular formula is C22H27NO6. The number of aromatic nitrogens is 1. The Hall–Kier alpha value is -2.96. The van der Waals surface area contributed by atoms with Crippen LogP contribution in [0.2, 0.25) is 0 Å². The third-order valence-corrected chi connectivity index (χ3v) is 4.98. The lowest BCUT2D eigenvalue weighted by molar-refractivity contribution is -0.151. The summed E-state index contributed by atoms with van der Waals surface area (Å²) in [6, 6.07) is 8.76. The van der Waals surface area contributed by atoms with Crippen molar-refractivity contribution in [1.82, 2.24) is 4.57 Å². The van der Waals surface area contributed by atoms with Crippen molar-refractivity contribution in [2.45, 2.75) is 45.3 Å². The van der Waals surface area contributed by atoms with Gasteiger partial charge in [0, 0.05) is 12.3 Å². The summed E-state index contributed by atoms with van der Waals surface area (Å²) in [6.07, 6.45) is 5.64. The number of carbonyl (C=O) groups is 1. The first-order chi connectivity index (χ1) is 14.1. The van der Waals surface area contributed by atoms with E-state index in [-0.39, 0.29) is 23.9 Å². The minimum atomic E-state index is -0.436. The van der Waals surface area contributed by atoms with Crippen molar-refractivity contribution in [3.05, 3.63) is 52.4 Å². The number of esters is 1. The molecule has 2 aromatic rings. The van der Waals surface area contributed by atoms with Gasteiger partial charge < -0.3 is 23.5 Å². The van der Waals surface area contributed by atoms with Gasteiger partial charge in [0.05, 0.1) is 19.3 Å². The Morgan fingerprint density at radius 3 is 2.45 bits per heavy atom. The number of rotatable bonds is 9. The molecule has 3 rings (SSSR count). The van der Waals surface area contributed by atoms with E-state index in [2.05, 4.69) is 0 Å². The molecule has 1 aliphatic rings. The predicted molar refractivity (Wildman–Crippen MR) is 108 cm³/mol. The summed E-state index contributed by atoms with van der Waals surface area (Å²) in [5.74, 6) is 1.23. The summed E-state index contributed by atoms with van der Waals surface area (Å²) in [5.41, 5.74) is 0.382. The molecule has 1 aromatic heterocycles. The molecule has 29 heavy (non-hydrogen) atoms. The Morgan fingerprint density at radius 1 is 1.07 bits per heavy atom. The van der Waals surface area contributed by atoms with Crippen LogP contribution in [0, 0.1) is 6.92 Å². The summed E-state index contributed by atoms with van der Waals surface area (Å²) < 4.78 is 23.6. The van der Waals surface area contributed by atoms with Gasteiger partial charge in [0.1, 0.15) is 24.2 Å². The average Bonchev–Trinajstić information content (AvgIpc) is 3.23. The van der Waals surface area contributed by atoms with E-state index in [1.807, 2.05) is 28.8 Å². The Kier molecular flexibility index (Phi) is 7.16. The van der Waals surface area contributed by atoms with Crippen LogP contribution in [0.15, 0.2) is 41.3 Å². The molecule has 0 bridgehead atoms. The molecule has 1 saturated carbocycles. The van der Waals surface area contributed by atoms with E-state index in [0.29, 0.717) is 18.8 Å². The van der Waals surface area contributed by atoms with Gasteiger partial charge in [0.25, 0.3) is 0 Å². The molecule has 0 N–H and O–H groups in total. The fraction of sp³-hybridized carbons (Fsp3) is 0.455. The van der Waals surface area contributed by atoms with Gasteiger partial charge in [-0.25, -0.2) is 4.79 Å². The SMILES string of the molecule is COc1ccc(OCCn2ccc(=O)c(OCC(=O)OC3CCCC3)c2C)cc1. The van der Waals surface area contributed by atoms with Gasteiger partial charge in [-0.05, 0) is 56.9 Å². The van der Waals surface area contributed by atoms with Gasteiger partial charge in [-0.3, -0.25) is 4.79 Å². The van der Waals surface area contributed by atoms with Gasteiger partial charge in [-0.1, -0.05) is 0 Å². The molecule has 0 amide bonds. The molecule has 7 heteroatoms. The molecule has 1 aromatic carbocycles. The normalized spacial score (nSPS) is 13.9. The van der Waals surface area contributed by atoms with Crippen LogP contribution in [-0.2, 0) is 16.1 Å². The summed E-state index contributed by atoms with van der Waals surface area (Å²) in [4.78, 5) is 24.1. The molecule has 156 valence electrons. The van der Waals surface area contributed by atoms with Crippen molar-refractivity contribution < 1.29 is 23.7 Å². The summed E-state index contributed by atoms with van der Waals surface area (Å²) in [7, 11) is 1.61. The maximum absolute atomic E-state index is 12.2. The van der Waals surface area contributed by atoms with Crippen LogP contribution in [0.5, 0.6) is 17.2 Å². The van der Waals surface area contributed by atoms with Crippen molar-refractivity contribution in [3.8, 4) is 17.2 Å². The molecule has 0 radical (unpaired) electrons. The van der Waals surface area contributed by atoms with Crippen LogP contribution in [0.3, 0.4) is 0 Å². The van der Waals surface area contributed by atoms with E-state index in [9.17, 15) is 9.59 Å². The summed E-state index contributed by atoms with van der Waals surface area (Å²) in [5, 5.41) is 0. The number of benzene rings is 1. The zero-order chi connectivity index (χ0) is 20.6. The second-order valence-electron chi connectivity index (χ2n) is 7.00. The quantitative estimate of drug-likeness (QED) is 0.601. The molecule has 0 atom stereocenters. The lowest BCUT2D eigenvalue weighted by atomic mass is 10.3. The number of ether oxygens (including phenoxy) is 4. The number of nitrogens with zero attached hydrogens (tertiary/aromatic N) is 1. The second-order valence-corrected chi connectivity index (χ2v) is 7.00. The van der Waals surface area contributed by atoms with Gasteiger partial charge >= 0.3 is 5.97 Å². The first-order valence-electron chi connectivity index (χ1n) is 9.86. The zero-order valence-electron chi connectivity index (χ0n) is 16.9. The van der Waals surface area contributed by atoms with E-state index in [1.54, 1.807) is 20.2 Å². The van der Waals surface area contributed by atoms with Crippen LogP contribution >= 0.6 is 0 Å². The van der Waals surface area contributed by atoms with E-state index in [0.717, 1.165) is 37.2 Å². The fourth-order valence-corrected chi connectivity index (χ4v) is 3.36. The fourth-order valence-electron chi connectivity index (χ4n) is 3.36. The zero-order valence-corrected chi connectivity index (χ0v) is 16.9. The predicted octanol–water partition coefficient (Wildman–Crippen LogP) is 3.11. The first kappa shape index (κ1) is 20.8. The largest absolute Gasteiger partial charge is 0.497 e. The number of hydrogen-bond donors (Lipinski definition) is 0. The molecule has 1 aliphatic carbocycles. The van der Waals surface area contributed by atoms with Crippen LogP contribution in [0.1, 0.15) is 31.4 Å². The molecule has 1 fully saturated rings. The molecule has 7 nitrogen and oxygen atoms in total. The third-order valence-electron chi connectivity index (χ3n) is 4.98. The van der Waals surface area contributed by atoms with E-state index < -0.39 is 5.97 Å². The number of hydrogen-bond acceptors (Lipinski definition) is 6. The second kappa shape index (κ2) is 10.0. The Labute approximate surface area is 170 Å². The maximum atomic E-state index is 12.2. The molecule has 0 saturated heterocycles. The minimum absolute atomic E-state index is 0.0188. The van der Waals surface area contributed by atoms with E-state index >= 15 is 0 Å². The highest BCUT2D eigenvalue weighted by Crippen LogP contribution is 2.21. The highest BCUT2D eigenvalue weighted by molar-refractivity contribution is 5.71. The van der Waals surface area contributed by atoms with Crippen LogP contribution in [0.25, 0.3) is 0 Å². The van der Waals surface area contributed by atoms with Gasteiger partial charge in [-0.2, -0.15) is 0 Å². The van der Waals surface area contributed by atoms with Crippen molar-refractivity contribution in [2.24, 2.45) is 0 Å². The number of methoxy groups -OCH3 is 1. The van der Waals surface area contributed by atoms with Crippen molar-refractivity contribution in [2.75, 3.05) is 20.3 Å². The van der Waals surface area contributed by atoms with Crippen molar-refractivity contribution in [1.29, 1.82) is 0 Å². The lowest BCUT2D eigenvalue weighted by Gasteiger charge is -2.16. The summed E-state index contributed by atoms with van der Waals surface area (Å²) in [6.45, 7) is 2.46. The van der Waals surface area contributed by atoms with Crippen LogP contribution < -0.4 is 19.6 Å². The molecule has 0 unspecified atom stereocenters. The molecule has 0 aliphatic heterocycles. The lowest BCUT2D eigenvalue weighted by Crippen LogP contribution is -2.24. The standard InChI is InChI=1S/C22H27NO6/c1-16-22(28-15-21(25)29-19-5-3-4-6-19)20(24)11-12-23(16)13-14-27-18-9-7-17(26-2)8-10-18/h7-12,19H,3-6,13-15H2,1-2H3. The molecule has 1 heterocycles. The maximum Gasteiger partial charge on any atom is 0.344 e.